The predicted molar refractivity (Wildman–Crippen MR) is 92.1 cm³/mol. The summed E-state index contributed by atoms with van der Waals surface area (Å²) in [6.45, 7) is 0.499. The van der Waals surface area contributed by atoms with Crippen LogP contribution in [0.15, 0.2) is 0 Å². The molecule has 2 aliphatic rings. The first-order valence-corrected chi connectivity index (χ1v) is 10.8. The Kier molecular flexibility index (Phi) is 7.18. The fraction of sp³-hybridized carbons (Fsp3) is 0.938. The van der Waals surface area contributed by atoms with Crippen LogP contribution in [-0.4, -0.2) is 57.5 Å². The summed E-state index contributed by atoms with van der Waals surface area (Å²) in [7, 11) is -2.10. The van der Waals surface area contributed by atoms with Crippen molar-refractivity contribution in [1.29, 1.82) is 0 Å². The Morgan fingerprint density at radius 3 is 2.38 bits per heavy atom. The number of nitrogens with one attached hydrogen (secondary N) is 2. The minimum Gasteiger partial charge on any atom is -0.326 e. The molecule has 6 nitrogen and oxygen atoms in total. The molecule has 0 aromatic rings. The lowest BCUT2D eigenvalue weighted by Crippen LogP contribution is -2.56. The van der Waals surface area contributed by atoms with Gasteiger partial charge in [-0.05, 0) is 44.6 Å². The smallest absolute Gasteiger partial charge is 0.326 e. The molecule has 10 heteroatoms. The van der Waals surface area contributed by atoms with Crippen molar-refractivity contribution >= 4 is 16.1 Å². The van der Waals surface area contributed by atoms with Gasteiger partial charge in [0.05, 0.1) is 5.75 Å². The molecule has 2 N–H and O–H groups in total. The molecular formula is C16H28F3N3O3S. The Bertz CT molecular complexity index is 577. The molecule has 1 aliphatic carbocycles. The van der Waals surface area contributed by atoms with Gasteiger partial charge in [-0.2, -0.15) is 13.2 Å². The van der Waals surface area contributed by atoms with Crippen molar-refractivity contribution in [2.24, 2.45) is 11.8 Å². The molecular weight excluding hydrogens is 371 g/mol. The molecule has 2 unspecified atom stereocenters. The van der Waals surface area contributed by atoms with Crippen LogP contribution in [0.4, 0.5) is 18.0 Å². The Morgan fingerprint density at radius 2 is 1.81 bits per heavy atom. The zero-order valence-electron chi connectivity index (χ0n) is 15.0. The van der Waals surface area contributed by atoms with Crippen LogP contribution in [0, 0.1) is 11.8 Å². The van der Waals surface area contributed by atoms with Crippen molar-refractivity contribution in [3.8, 4) is 0 Å². The van der Waals surface area contributed by atoms with E-state index in [9.17, 15) is 26.4 Å². The monoisotopic (exact) mass is 399 g/mol. The fourth-order valence-corrected chi connectivity index (χ4v) is 5.00. The summed E-state index contributed by atoms with van der Waals surface area (Å²) in [5, 5.41) is 2.19. The molecule has 152 valence electrons. The summed E-state index contributed by atoms with van der Waals surface area (Å²) in [6.07, 6.45) is 0.0983. The number of alkyl halides is 3. The van der Waals surface area contributed by atoms with E-state index in [4.69, 9.17) is 0 Å². The van der Waals surface area contributed by atoms with Crippen LogP contribution in [0.5, 0.6) is 0 Å². The highest BCUT2D eigenvalue weighted by molar-refractivity contribution is 7.89. The first-order chi connectivity index (χ1) is 12.1. The normalized spacial score (nSPS) is 24.3. The molecule has 2 amide bonds. The maximum Gasteiger partial charge on any atom is 0.408 e. The van der Waals surface area contributed by atoms with Crippen molar-refractivity contribution in [3.05, 3.63) is 0 Å². The van der Waals surface area contributed by atoms with E-state index in [0.29, 0.717) is 32.2 Å². The Balaban J connectivity index is 1.99. The summed E-state index contributed by atoms with van der Waals surface area (Å²) in [6, 6.07) is -2.58. The number of halogens is 3. The number of rotatable bonds is 5. The summed E-state index contributed by atoms with van der Waals surface area (Å²) in [5.41, 5.74) is 0. The average molecular weight is 399 g/mol. The Morgan fingerprint density at radius 1 is 1.15 bits per heavy atom. The van der Waals surface area contributed by atoms with E-state index in [2.05, 4.69) is 10.0 Å². The van der Waals surface area contributed by atoms with Gasteiger partial charge in [0, 0.05) is 13.1 Å². The van der Waals surface area contributed by atoms with Crippen molar-refractivity contribution in [3.63, 3.8) is 0 Å². The number of carbonyl (C=O) groups excluding carboxylic acids is 1. The molecule has 1 saturated carbocycles. The molecule has 1 heterocycles. The Labute approximate surface area is 152 Å². The van der Waals surface area contributed by atoms with E-state index in [1.165, 1.54) is 11.9 Å². The summed E-state index contributed by atoms with van der Waals surface area (Å²) < 4.78 is 66.0. The minimum atomic E-state index is -4.48. The van der Waals surface area contributed by atoms with Gasteiger partial charge < -0.3 is 10.2 Å². The molecule has 26 heavy (non-hydrogen) atoms. The summed E-state index contributed by atoms with van der Waals surface area (Å²) >= 11 is 0. The van der Waals surface area contributed by atoms with Crippen LogP contribution in [-0.2, 0) is 10.0 Å². The lowest BCUT2D eigenvalue weighted by atomic mass is 9.83. The van der Waals surface area contributed by atoms with Gasteiger partial charge in [0.15, 0.2) is 0 Å². The molecule has 0 bridgehead atoms. The standard InChI is InChI=1S/C16H28F3N3O3S/c1-20-26(24,25)11-12-6-5-9-22(10-12)15(23)21-14(16(17,18)19)13-7-3-2-4-8-13/h12-14,20H,2-11H2,1H3,(H,21,23). The van der Waals surface area contributed by atoms with Gasteiger partial charge in [-0.15, -0.1) is 0 Å². The topological polar surface area (TPSA) is 78.5 Å². The molecule has 1 aliphatic heterocycles. The van der Waals surface area contributed by atoms with Gasteiger partial charge in [0.1, 0.15) is 6.04 Å². The molecule has 0 radical (unpaired) electrons. The fourth-order valence-electron chi connectivity index (χ4n) is 3.94. The number of likely N-dealkylation sites (tertiary alicyclic amines) is 1. The number of hydrogen-bond donors (Lipinski definition) is 2. The number of hydrogen-bond acceptors (Lipinski definition) is 3. The first kappa shape index (κ1) is 21.3. The zero-order chi connectivity index (χ0) is 19.4. The molecule has 2 atom stereocenters. The second-order valence-corrected chi connectivity index (χ2v) is 9.28. The van der Waals surface area contributed by atoms with Gasteiger partial charge in [0.2, 0.25) is 10.0 Å². The number of amides is 2. The number of piperidine rings is 1. The predicted octanol–water partition coefficient (Wildman–Crippen LogP) is 2.47. The number of urea groups is 1. The van der Waals surface area contributed by atoms with E-state index in [1.807, 2.05) is 0 Å². The second kappa shape index (κ2) is 8.77. The highest BCUT2D eigenvalue weighted by Crippen LogP contribution is 2.34. The van der Waals surface area contributed by atoms with Gasteiger partial charge in [-0.1, -0.05) is 19.3 Å². The average Bonchev–Trinajstić information content (AvgIpc) is 2.59. The van der Waals surface area contributed by atoms with Crippen LogP contribution < -0.4 is 10.0 Å². The third kappa shape index (κ3) is 6.00. The van der Waals surface area contributed by atoms with E-state index in [-0.39, 0.29) is 18.2 Å². The van der Waals surface area contributed by atoms with Crippen LogP contribution in [0.2, 0.25) is 0 Å². The second-order valence-electron chi connectivity index (χ2n) is 7.31. The largest absolute Gasteiger partial charge is 0.408 e. The third-order valence-corrected chi connectivity index (χ3v) is 6.86. The first-order valence-electron chi connectivity index (χ1n) is 9.16. The van der Waals surface area contributed by atoms with E-state index in [0.717, 1.165) is 19.3 Å². The molecule has 0 spiro atoms. The number of carbonyl (C=O) groups is 1. The Hall–Kier alpha value is -1.03. The van der Waals surface area contributed by atoms with E-state index in [1.54, 1.807) is 0 Å². The lowest BCUT2D eigenvalue weighted by molar-refractivity contribution is -0.168. The van der Waals surface area contributed by atoms with Crippen LogP contribution in [0.3, 0.4) is 0 Å². The quantitative estimate of drug-likeness (QED) is 0.746. The van der Waals surface area contributed by atoms with E-state index < -0.39 is 34.2 Å². The zero-order valence-corrected chi connectivity index (χ0v) is 15.8. The van der Waals surface area contributed by atoms with Crippen LogP contribution in [0.1, 0.15) is 44.9 Å². The molecule has 0 aromatic carbocycles. The van der Waals surface area contributed by atoms with Gasteiger partial charge in [-0.25, -0.2) is 17.9 Å². The van der Waals surface area contributed by atoms with Crippen molar-refractivity contribution in [2.45, 2.75) is 57.2 Å². The van der Waals surface area contributed by atoms with Crippen molar-refractivity contribution in [1.82, 2.24) is 14.9 Å². The van der Waals surface area contributed by atoms with Crippen LogP contribution in [0.25, 0.3) is 0 Å². The molecule has 0 aromatic heterocycles. The maximum atomic E-state index is 13.5. The van der Waals surface area contributed by atoms with Crippen LogP contribution >= 0.6 is 0 Å². The minimum absolute atomic E-state index is 0.126. The SMILES string of the molecule is CNS(=O)(=O)CC1CCCN(C(=O)NC(C2CCCCC2)C(F)(F)F)C1. The van der Waals surface area contributed by atoms with E-state index >= 15 is 0 Å². The lowest BCUT2D eigenvalue weighted by Gasteiger charge is -2.36. The van der Waals surface area contributed by atoms with Gasteiger partial charge in [0.25, 0.3) is 0 Å². The number of sulfonamides is 1. The molecule has 2 fully saturated rings. The highest BCUT2D eigenvalue weighted by atomic mass is 32.2. The van der Waals surface area contributed by atoms with Crippen molar-refractivity contribution in [2.75, 3.05) is 25.9 Å². The highest BCUT2D eigenvalue weighted by Gasteiger charge is 2.46. The maximum absolute atomic E-state index is 13.5. The van der Waals surface area contributed by atoms with Gasteiger partial charge in [-0.3, -0.25) is 0 Å². The van der Waals surface area contributed by atoms with Crippen molar-refractivity contribution < 1.29 is 26.4 Å². The summed E-state index contributed by atoms with van der Waals surface area (Å²) in [4.78, 5) is 13.7. The summed E-state index contributed by atoms with van der Waals surface area (Å²) in [5.74, 6) is -0.984. The molecule has 2 rings (SSSR count). The molecule has 1 saturated heterocycles. The third-order valence-electron chi connectivity index (χ3n) is 5.33. The number of nitrogens with zero attached hydrogens (tertiary/aromatic N) is 1. The van der Waals surface area contributed by atoms with Gasteiger partial charge >= 0.3 is 12.2 Å².